The maximum atomic E-state index is 12.2. The SMILES string of the molecule is Cl.NCC1(CC(=O)NCC(O)COc2ccccc2Br)CCCCC1. The fraction of sp³-hybridized carbons (Fsp3) is 0.611. The topological polar surface area (TPSA) is 84.6 Å². The Kier molecular flexibility index (Phi) is 9.79. The molecule has 1 aromatic carbocycles. The molecule has 1 fully saturated rings. The lowest BCUT2D eigenvalue weighted by atomic mass is 9.71. The highest BCUT2D eigenvalue weighted by Crippen LogP contribution is 2.38. The van der Waals surface area contributed by atoms with Gasteiger partial charge in [0.15, 0.2) is 0 Å². The molecule has 1 atom stereocenters. The van der Waals surface area contributed by atoms with Crippen molar-refractivity contribution in [3.8, 4) is 5.75 Å². The number of aliphatic hydroxyl groups excluding tert-OH is 1. The van der Waals surface area contributed by atoms with E-state index in [1.54, 1.807) is 0 Å². The molecule has 0 aliphatic heterocycles. The Balaban J connectivity index is 0.00000312. The van der Waals surface area contributed by atoms with Crippen molar-refractivity contribution in [2.24, 2.45) is 11.1 Å². The average molecular weight is 436 g/mol. The van der Waals surface area contributed by atoms with Gasteiger partial charge in [0.1, 0.15) is 18.5 Å². The lowest BCUT2D eigenvalue weighted by Gasteiger charge is -2.35. The quantitative estimate of drug-likeness (QED) is 0.586. The smallest absolute Gasteiger partial charge is 0.220 e. The molecule has 1 aliphatic carbocycles. The standard InChI is InChI=1S/C18H27BrN2O3.ClH/c19-15-6-2-3-7-16(15)24-12-14(22)11-21-17(23)10-18(13-20)8-4-1-5-9-18;/h2-3,6-7,14,22H,1,4-5,8-13,20H2,(H,21,23);1H. The Hall–Kier alpha value is -0.820. The highest BCUT2D eigenvalue weighted by Gasteiger charge is 2.32. The number of hydrogen-bond donors (Lipinski definition) is 3. The summed E-state index contributed by atoms with van der Waals surface area (Å²) in [6, 6.07) is 7.46. The number of carbonyl (C=O) groups is 1. The van der Waals surface area contributed by atoms with E-state index >= 15 is 0 Å². The van der Waals surface area contributed by atoms with E-state index in [0.29, 0.717) is 18.7 Å². The summed E-state index contributed by atoms with van der Waals surface area (Å²) < 4.78 is 6.39. The zero-order valence-electron chi connectivity index (χ0n) is 14.4. The molecule has 0 radical (unpaired) electrons. The third kappa shape index (κ3) is 7.13. The summed E-state index contributed by atoms with van der Waals surface area (Å²) in [6.07, 6.45) is 5.26. The number of nitrogens with one attached hydrogen (secondary N) is 1. The first kappa shape index (κ1) is 22.2. The summed E-state index contributed by atoms with van der Waals surface area (Å²) >= 11 is 3.39. The molecule has 0 aromatic heterocycles. The van der Waals surface area contributed by atoms with Crippen molar-refractivity contribution in [3.63, 3.8) is 0 Å². The number of ether oxygens (including phenoxy) is 1. The van der Waals surface area contributed by atoms with Crippen molar-refractivity contribution < 1.29 is 14.6 Å². The van der Waals surface area contributed by atoms with Crippen molar-refractivity contribution >= 4 is 34.2 Å². The number of hydrogen-bond acceptors (Lipinski definition) is 4. The van der Waals surface area contributed by atoms with Crippen molar-refractivity contribution in [3.05, 3.63) is 28.7 Å². The molecule has 0 heterocycles. The molecule has 1 aliphatic rings. The minimum absolute atomic E-state index is 0. The van der Waals surface area contributed by atoms with Crippen LogP contribution in [0.4, 0.5) is 0 Å². The van der Waals surface area contributed by atoms with Crippen LogP contribution in [0.15, 0.2) is 28.7 Å². The highest BCUT2D eigenvalue weighted by atomic mass is 79.9. The normalized spacial score (nSPS) is 17.2. The first-order chi connectivity index (χ1) is 11.5. The number of nitrogens with two attached hydrogens (primary N) is 1. The molecule has 142 valence electrons. The van der Waals surface area contributed by atoms with Gasteiger partial charge in [0.25, 0.3) is 0 Å². The van der Waals surface area contributed by atoms with Crippen LogP contribution in [0, 0.1) is 5.41 Å². The van der Waals surface area contributed by atoms with Gasteiger partial charge in [0.2, 0.25) is 5.91 Å². The molecule has 1 unspecified atom stereocenters. The molecule has 5 nitrogen and oxygen atoms in total. The van der Waals surface area contributed by atoms with Crippen LogP contribution >= 0.6 is 28.3 Å². The van der Waals surface area contributed by atoms with Crippen LogP contribution in [0.5, 0.6) is 5.75 Å². The number of halogens is 2. The minimum atomic E-state index is -0.749. The summed E-state index contributed by atoms with van der Waals surface area (Å²) in [5.41, 5.74) is 5.86. The Bertz CT molecular complexity index is 539. The summed E-state index contributed by atoms with van der Waals surface area (Å²) in [7, 11) is 0. The van der Waals surface area contributed by atoms with E-state index in [0.717, 1.165) is 30.2 Å². The molecule has 1 amide bonds. The van der Waals surface area contributed by atoms with Gasteiger partial charge < -0.3 is 20.9 Å². The second-order valence-electron chi connectivity index (χ2n) is 6.64. The first-order valence-corrected chi connectivity index (χ1v) is 9.36. The van der Waals surface area contributed by atoms with Crippen molar-refractivity contribution in [2.75, 3.05) is 19.7 Å². The number of aliphatic hydroxyl groups is 1. The van der Waals surface area contributed by atoms with Gasteiger partial charge in [-0.3, -0.25) is 4.79 Å². The van der Waals surface area contributed by atoms with Gasteiger partial charge in [-0.2, -0.15) is 0 Å². The fourth-order valence-electron chi connectivity index (χ4n) is 3.20. The highest BCUT2D eigenvalue weighted by molar-refractivity contribution is 9.10. The molecule has 1 aromatic rings. The van der Waals surface area contributed by atoms with E-state index in [2.05, 4.69) is 21.2 Å². The Labute approximate surface area is 164 Å². The third-order valence-electron chi connectivity index (χ3n) is 4.69. The number of rotatable bonds is 8. The van der Waals surface area contributed by atoms with Crippen LogP contribution in [0.2, 0.25) is 0 Å². The summed E-state index contributed by atoms with van der Waals surface area (Å²) in [5.74, 6) is 0.634. The molecule has 1 saturated carbocycles. The maximum absolute atomic E-state index is 12.2. The molecule has 0 spiro atoms. The Morgan fingerprint density at radius 3 is 2.64 bits per heavy atom. The monoisotopic (exact) mass is 434 g/mol. The molecular formula is C18H28BrClN2O3. The van der Waals surface area contributed by atoms with Crippen LogP contribution in [-0.2, 0) is 4.79 Å². The third-order valence-corrected chi connectivity index (χ3v) is 5.34. The fourth-order valence-corrected chi connectivity index (χ4v) is 3.60. The first-order valence-electron chi connectivity index (χ1n) is 8.57. The van der Waals surface area contributed by atoms with Crippen molar-refractivity contribution in [2.45, 2.75) is 44.6 Å². The molecule has 4 N–H and O–H groups in total. The zero-order valence-corrected chi connectivity index (χ0v) is 16.8. The largest absolute Gasteiger partial charge is 0.490 e. The van der Waals surface area contributed by atoms with E-state index in [1.807, 2.05) is 24.3 Å². The van der Waals surface area contributed by atoms with E-state index < -0.39 is 6.10 Å². The number of carbonyl (C=O) groups excluding carboxylic acids is 1. The Morgan fingerprint density at radius 2 is 2.00 bits per heavy atom. The summed E-state index contributed by atoms with van der Waals surface area (Å²) in [4.78, 5) is 12.2. The minimum Gasteiger partial charge on any atom is -0.490 e. The van der Waals surface area contributed by atoms with E-state index in [4.69, 9.17) is 10.5 Å². The molecule has 0 saturated heterocycles. The van der Waals surface area contributed by atoms with Crippen LogP contribution in [-0.4, -0.2) is 36.8 Å². The Morgan fingerprint density at radius 1 is 1.32 bits per heavy atom. The predicted octanol–water partition coefficient (Wildman–Crippen LogP) is 3.03. The second kappa shape index (κ2) is 11.0. The molecule has 7 heteroatoms. The average Bonchev–Trinajstić information content (AvgIpc) is 2.60. The molecule has 0 bridgehead atoms. The van der Waals surface area contributed by atoms with Gasteiger partial charge >= 0.3 is 0 Å². The van der Waals surface area contributed by atoms with Crippen LogP contribution in [0.1, 0.15) is 38.5 Å². The molecule has 25 heavy (non-hydrogen) atoms. The van der Waals surface area contributed by atoms with Gasteiger partial charge in [0.05, 0.1) is 4.47 Å². The number of para-hydroxylation sites is 1. The molecule has 2 rings (SSSR count). The van der Waals surface area contributed by atoms with E-state index in [-0.39, 0.29) is 36.9 Å². The van der Waals surface area contributed by atoms with E-state index in [1.165, 1.54) is 6.42 Å². The maximum Gasteiger partial charge on any atom is 0.220 e. The lowest BCUT2D eigenvalue weighted by Crippen LogP contribution is -2.41. The van der Waals surface area contributed by atoms with Gasteiger partial charge in [-0.05, 0) is 52.9 Å². The van der Waals surface area contributed by atoms with Crippen LogP contribution in [0.3, 0.4) is 0 Å². The number of benzene rings is 1. The lowest BCUT2D eigenvalue weighted by molar-refractivity contribution is -0.124. The van der Waals surface area contributed by atoms with Gasteiger partial charge in [-0.1, -0.05) is 31.4 Å². The van der Waals surface area contributed by atoms with Gasteiger partial charge in [-0.25, -0.2) is 0 Å². The van der Waals surface area contributed by atoms with E-state index in [9.17, 15) is 9.90 Å². The zero-order chi connectivity index (χ0) is 17.4. The predicted molar refractivity (Wildman–Crippen MR) is 105 cm³/mol. The second-order valence-corrected chi connectivity index (χ2v) is 7.50. The van der Waals surface area contributed by atoms with Gasteiger partial charge in [-0.15, -0.1) is 12.4 Å². The number of amides is 1. The van der Waals surface area contributed by atoms with Crippen molar-refractivity contribution in [1.82, 2.24) is 5.32 Å². The molecular weight excluding hydrogens is 408 g/mol. The van der Waals surface area contributed by atoms with Crippen LogP contribution in [0.25, 0.3) is 0 Å². The van der Waals surface area contributed by atoms with Gasteiger partial charge in [0, 0.05) is 13.0 Å². The summed E-state index contributed by atoms with van der Waals surface area (Å²) in [5, 5.41) is 12.8. The van der Waals surface area contributed by atoms with Crippen molar-refractivity contribution in [1.29, 1.82) is 0 Å². The summed E-state index contributed by atoms with van der Waals surface area (Å²) in [6.45, 7) is 0.864. The van der Waals surface area contributed by atoms with Crippen LogP contribution < -0.4 is 15.8 Å².